The van der Waals surface area contributed by atoms with Crippen molar-refractivity contribution < 1.29 is 9.53 Å². The largest absolute Gasteiger partial charge is 0.496 e. The topological polar surface area (TPSA) is 32.8 Å². The summed E-state index contributed by atoms with van der Waals surface area (Å²) in [7, 11) is 5.63. The van der Waals surface area contributed by atoms with Crippen molar-refractivity contribution in [3.63, 3.8) is 0 Å². The van der Waals surface area contributed by atoms with E-state index < -0.39 is 0 Å². The van der Waals surface area contributed by atoms with Gasteiger partial charge in [-0.25, -0.2) is 0 Å². The van der Waals surface area contributed by atoms with Crippen LogP contribution in [0.3, 0.4) is 0 Å². The molecule has 0 aliphatic heterocycles. The molecule has 23 heavy (non-hydrogen) atoms. The van der Waals surface area contributed by atoms with Crippen molar-refractivity contribution in [2.75, 3.05) is 27.7 Å². The van der Waals surface area contributed by atoms with Crippen molar-refractivity contribution in [2.45, 2.75) is 51.1 Å². The van der Waals surface area contributed by atoms with Gasteiger partial charge in [-0.3, -0.25) is 9.69 Å². The normalized spacial score (nSPS) is 16.2. The molecule has 0 spiro atoms. The van der Waals surface area contributed by atoms with Gasteiger partial charge in [0.2, 0.25) is 5.91 Å². The zero-order valence-corrected chi connectivity index (χ0v) is 14.8. The molecule has 4 nitrogen and oxygen atoms in total. The number of hydrogen-bond acceptors (Lipinski definition) is 3. The number of nitrogens with zero attached hydrogens (tertiary/aromatic N) is 2. The Bertz CT molecular complexity index is 496. The molecule has 1 fully saturated rings. The molecule has 1 aromatic carbocycles. The van der Waals surface area contributed by atoms with Crippen LogP contribution in [0.4, 0.5) is 0 Å². The van der Waals surface area contributed by atoms with Gasteiger partial charge in [-0.1, -0.05) is 43.9 Å². The van der Waals surface area contributed by atoms with Gasteiger partial charge in [0.25, 0.3) is 0 Å². The third kappa shape index (κ3) is 5.24. The number of amides is 1. The van der Waals surface area contributed by atoms with Gasteiger partial charge in [-0.15, -0.1) is 0 Å². The van der Waals surface area contributed by atoms with Crippen LogP contribution in [0.1, 0.15) is 44.1 Å². The van der Waals surface area contributed by atoms with Crippen LogP contribution in [0.5, 0.6) is 5.75 Å². The average molecular weight is 318 g/mol. The third-order valence-corrected chi connectivity index (χ3v) is 4.86. The lowest BCUT2D eigenvalue weighted by Crippen LogP contribution is -2.41. The van der Waals surface area contributed by atoms with E-state index in [-0.39, 0.29) is 5.91 Å². The van der Waals surface area contributed by atoms with E-state index in [0.717, 1.165) is 11.3 Å². The Morgan fingerprint density at radius 2 is 1.78 bits per heavy atom. The van der Waals surface area contributed by atoms with E-state index in [1.165, 1.54) is 38.5 Å². The summed E-state index contributed by atoms with van der Waals surface area (Å²) in [6.07, 6.45) is 7.71. The van der Waals surface area contributed by atoms with Crippen molar-refractivity contribution in [1.82, 2.24) is 9.80 Å². The lowest BCUT2D eigenvalue weighted by molar-refractivity contribution is -0.131. The molecule has 1 aromatic rings. The molecule has 4 heteroatoms. The molecule has 2 rings (SSSR count). The minimum Gasteiger partial charge on any atom is -0.496 e. The van der Waals surface area contributed by atoms with E-state index in [4.69, 9.17) is 4.74 Å². The summed E-state index contributed by atoms with van der Waals surface area (Å²) >= 11 is 0. The molecule has 0 bridgehead atoms. The predicted molar refractivity (Wildman–Crippen MR) is 93.6 cm³/mol. The monoisotopic (exact) mass is 318 g/mol. The Morgan fingerprint density at radius 1 is 1.13 bits per heavy atom. The lowest BCUT2D eigenvalue weighted by Gasteiger charge is -2.28. The van der Waals surface area contributed by atoms with E-state index in [0.29, 0.717) is 19.1 Å². The lowest BCUT2D eigenvalue weighted by atomic mass is 10.1. The van der Waals surface area contributed by atoms with Crippen molar-refractivity contribution in [3.05, 3.63) is 29.8 Å². The Labute approximate surface area is 140 Å². The molecule has 1 aliphatic carbocycles. The van der Waals surface area contributed by atoms with Crippen molar-refractivity contribution in [3.8, 4) is 5.75 Å². The minimum atomic E-state index is 0.169. The van der Waals surface area contributed by atoms with Crippen LogP contribution in [0.25, 0.3) is 0 Å². The molecule has 128 valence electrons. The first-order valence-corrected chi connectivity index (χ1v) is 8.68. The first kappa shape index (κ1) is 17.8. The van der Waals surface area contributed by atoms with Crippen LogP contribution in [-0.2, 0) is 11.3 Å². The standard InChI is InChI=1S/C19H30N2O2/c1-20(17-11-6-4-5-7-12-17)15-19(22)21(2)14-16-10-8-9-13-18(16)23-3/h8-10,13,17H,4-7,11-12,14-15H2,1-3H3. The highest BCUT2D eigenvalue weighted by Gasteiger charge is 2.20. The van der Waals surface area contributed by atoms with E-state index in [9.17, 15) is 4.79 Å². The number of para-hydroxylation sites is 1. The average Bonchev–Trinajstić information content (AvgIpc) is 2.84. The van der Waals surface area contributed by atoms with E-state index >= 15 is 0 Å². The summed E-state index contributed by atoms with van der Waals surface area (Å²) < 4.78 is 5.37. The van der Waals surface area contributed by atoms with Crippen LogP contribution >= 0.6 is 0 Å². The number of methoxy groups -OCH3 is 1. The van der Waals surface area contributed by atoms with Crippen LogP contribution in [-0.4, -0.2) is 49.5 Å². The zero-order chi connectivity index (χ0) is 16.7. The molecular weight excluding hydrogens is 288 g/mol. The molecule has 1 aliphatic rings. The molecule has 1 amide bonds. The summed E-state index contributed by atoms with van der Waals surface area (Å²) in [5.74, 6) is 1.01. The van der Waals surface area contributed by atoms with Crippen LogP contribution in [0.2, 0.25) is 0 Å². The summed E-state index contributed by atoms with van der Waals surface area (Å²) in [5.41, 5.74) is 1.04. The highest BCUT2D eigenvalue weighted by Crippen LogP contribution is 2.22. The second-order valence-corrected chi connectivity index (χ2v) is 6.62. The van der Waals surface area contributed by atoms with Gasteiger partial charge in [0.15, 0.2) is 0 Å². The first-order chi connectivity index (χ1) is 11.1. The maximum Gasteiger partial charge on any atom is 0.236 e. The molecule has 1 saturated carbocycles. The van der Waals surface area contributed by atoms with Crippen LogP contribution in [0, 0.1) is 0 Å². The number of carbonyl (C=O) groups excluding carboxylic acids is 1. The van der Waals surface area contributed by atoms with Crippen molar-refractivity contribution in [2.24, 2.45) is 0 Å². The van der Waals surface area contributed by atoms with Crippen LogP contribution in [0.15, 0.2) is 24.3 Å². The van der Waals surface area contributed by atoms with Crippen molar-refractivity contribution >= 4 is 5.91 Å². The summed E-state index contributed by atoms with van der Waals surface area (Å²) in [4.78, 5) is 16.6. The Kier molecular flexibility index (Phi) is 6.90. The highest BCUT2D eigenvalue weighted by atomic mass is 16.5. The summed E-state index contributed by atoms with van der Waals surface area (Å²) in [6.45, 7) is 1.08. The van der Waals surface area contributed by atoms with Gasteiger partial charge >= 0.3 is 0 Å². The molecule has 0 saturated heterocycles. The SMILES string of the molecule is COc1ccccc1CN(C)C(=O)CN(C)C1CCCCCC1. The fraction of sp³-hybridized carbons (Fsp3) is 0.632. The minimum absolute atomic E-state index is 0.169. The second kappa shape index (κ2) is 8.92. The quantitative estimate of drug-likeness (QED) is 0.754. The molecule has 0 heterocycles. The van der Waals surface area contributed by atoms with Crippen LogP contribution < -0.4 is 4.74 Å². The number of likely N-dealkylation sites (N-methyl/N-ethyl adjacent to an activating group) is 2. The number of carbonyl (C=O) groups is 1. The van der Waals surface area contributed by atoms with Crippen molar-refractivity contribution in [1.29, 1.82) is 0 Å². The molecule has 0 unspecified atom stereocenters. The fourth-order valence-electron chi connectivity index (χ4n) is 3.34. The fourth-order valence-corrected chi connectivity index (χ4v) is 3.34. The zero-order valence-electron chi connectivity index (χ0n) is 14.8. The molecule has 0 aromatic heterocycles. The summed E-state index contributed by atoms with van der Waals surface area (Å²) in [6, 6.07) is 8.43. The number of rotatable bonds is 6. The van der Waals surface area contributed by atoms with Gasteiger partial charge < -0.3 is 9.64 Å². The molecular formula is C19H30N2O2. The molecule has 0 N–H and O–H groups in total. The van der Waals surface area contributed by atoms with E-state index in [2.05, 4.69) is 11.9 Å². The Morgan fingerprint density at radius 3 is 2.43 bits per heavy atom. The number of hydrogen-bond donors (Lipinski definition) is 0. The van der Waals surface area contributed by atoms with Gasteiger partial charge in [-0.05, 0) is 26.0 Å². The van der Waals surface area contributed by atoms with Gasteiger partial charge in [0.05, 0.1) is 13.7 Å². The second-order valence-electron chi connectivity index (χ2n) is 6.62. The van der Waals surface area contributed by atoms with E-state index in [1.807, 2.05) is 31.3 Å². The number of benzene rings is 1. The van der Waals surface area contributed by atoms with Gasteiger partial charge in [-0.2, -0.15) is 0 Å². The molecule has 0 atom stereocenters. The van der Waals surface area contributed by atoms with Gasteiger partial charge in [0.1, 0.15) is 5.75 Å². The highest BCUT2D eigenvalue weighted by molar-refractivity contribution is 5.78. The Balaban J connectivity index is 1.88. The van der Waals surface area contributed by atoms with E-state index in [1.54, 1.807) is 12.0 Å². The molecule has 0 radical (unpaired) electrons. The first-order valence-electron chi connectivity index (χ1n) is 8.68. The number of ether oxygens (including phenoxy) is 1. The third-order valence-electron chi connectivity index (χ3n) is 4.86. The maximum atomic E-state index is 12.5. The maximum absolute atomic E-state index is 12.5. The summed E-state index contributed by atoms with van der Waals surface area (Å²) in [5, 5.41) is 0. The Hall–Kier alpha value is -1.55. The smallest absolute Gasteiger partial charge is 0.236 e. The predicted octanol–water partition coefficient (Wildman–Crippen LogP) is 3.31. The van der Waals surface area contributed by atoms with Gasteiger partial charge in [0, 0.05) is 25.2 Å².